The highest BCUT2D eigenvalue weighted by Crippen LogP contribution is 2.32. The van der Waals surface area contributed by atoms with E-state index in [9.17, 15) is 9.90 Å². The third-order valence-corrected chi connectivity index (χ3v) is 2.16. The van der Waals surface area contributed by atoms with Crippen molar-refractivity contribution in [3.05, 3.63) is 22.2 Å². The smallest absolute Gasteiger partial charge is 0.336 e. The minimum atomic E-state index is -1.08. The molecule has 0 saturated carbocycles. The summed E-state index contributed by atoms with van der Waals surface area (Å²) in [5.74, 6) is -1.04. The molecule has 1 aromatic rings. The van der Waals surface area contributed by atoms with E-state index >= 15 is 0 Å². The maximum Gasteiger partial charge on any atom is 0.336 e. The van der Waals surface area contributed by atoms with Crippen LogP contribution in [0.15, 0.2) is 16.6 Å². The predicted octanol–water partition coefficient (Wildman–Crippen LogP) is 1.86. The molecule has 1 aromatic carbocycles. The number of halogens is 1. The number of aromatic hydroxyl groups is 1. The number of hydrogen-bond donors (Lipinski definition) is 2. The van der Waals surface area contributed by atoms with Gasteiger partial charge < -0.3 is 14.9 Å². The number of benzene rings is 1. The average Bonchev–Trinajstić information content (AvgIpc) is 2.03. The van der Waals surface area contributed by atoms with E-state index in [1.54, 1.807) is 0 Å². The van der Waals surface area contributed by atoms with Gasteiger partial charge in [-0.05, 0) is 28.1 Å². The summed E-state index contributed by atoms with van der Waals surface area (Å²) in [6.07, 6.45) is 0. The minimum Gasteiger partial charge on any atom is -0.504 e. The fourth-order valence-electron chi connectivity index (χ4n) is 0.870. The third kappa shape index (κ3) is 1.92. The van der Waals surface area contributed by atoms with Crippen LogP contribution in [0.2, 0.25) is 0 Å². The first kappa shape index (κ1) is 9.85. The quantitative estimate of drug-likeness (QED) is 0.836. The summed E-state index contributed by atoms with van der Waals surface area (Å²) in [4.78, 5) is 10.6. The lowest BCUT2D eigenvalue weighted by Gasteiger charge is -2.05. The van der Waals surface area contributed by atoms with Crippen molar-refractivity contribution in [3.8, 4) is 11.5 Å². The third-order valence-electron chi connectivity index (χ3n) is 1.50. The van der Waals surface area contributed by atoms with Gasteiger partial charge in [-0.2, -0.15) is 0 Å². The van der Waals surface area contributed by atoms with Crippen LogP contribution < -0.4 is 4.74 Å². The second-order valence-corrected chi connectivity index (χ2v) is 3.16. The van der Waals surface area contributed by atoms with E-state index in [0.717, 1.165) is 0 Å². The number of carboxylic acids is 1. The number of carbonyl (C=O) groups is 1. The van der Waals surface area contributed by atoms with Crippen molar-refractivity contribution >= 4 is 21.9 Å². The zero-order valence-electron chi connectivity index (χ0n) is 6.74. The Morgan fingerprint density at radius 2 is 2.15 bits per heavy atom. The van der Waals surface area contributed by atoms with Crippen LogP contribution >= 0.6 is 15.9 Å². The molecule has 4 nitrogen and oxygen atoms in total. The predicted molar refractivity (Wildman–Crippen MR) is 49.3 cm³/mol. The largest absolute Gasteiger partial charge is 0.504 e. The fourth-order valence-corrected chi connectivity index (χ4v) is 1.37. The second kappa shape index (κ2) is 3.66. The van der Waals surface area contributed by atoms with Gasteiger partial charge in [0.25, 0.3) is 0 Å². The lowest BCUT2D eigenvalue weighted by molar-refractivity contribution is 0.0695. The normalized spacial score (nSPS) is 9.69. The van der Waals surface area contributed by atoms with Crippen LogP contribution in [0.1, 0.15) is 10.4 Å². The van der Waals surface area contributed by atoms with Gasteiger partial charge in [0.05, 0.1) is 12.7 Å². The van der Waals surface area contributed by atoms with Crippen LogP contribution in [-0.2, 0) is 0 Å². The summed E-state index contributed by atoms with van der Waals surface area (Å²) in [5, 5.41) is 18.0. The molecule has 0 atom stereocenters. The summed E-state index contributed by atoms with van der Waals surface area (Å²) in [6.45, 7) is 0. The molecule has 0 aromatic heterocycles. The highest BCUT2D eigenvalue weighted by atomic mass is 79.9. The minimum absolute atomic E-state index is 0.0506. The van der Waals surface area contributed by atoms with E-state index in [1.807, 2.05) is 0 Å². The van der Waals surface area contributed by atoms with Crippen molar-refractivity contribution in [2.24, 2.45) is 0 Å². The van der Waals surface area contributed by atoms with Gasteiger partial charge >= 0.3 is 5.97 Å². The summed E-state index contributed by atoms with van der Waals surface area (Å²) >= 11 is 3.01. The highest BCUT2D eigenvalue weighted by molar-refractivity contribution is 9.10. The Morgan fingerprint density at radius 1 is 1.54 bits per heavy atom. The molecule has 0 aliphatic carbocycles. The number of rotatable bonds is 2. The van der Waals surface area contributed by atoms with E-state index in [4.69, 9.17) is 9.84 Å². The summed E-state index contributed by atoms with van der Waals surface area (Å²) in [7, 11) is 1.36. The molecule has 0 bridgehead atoms. The van der Waals surface area contributed by atoms with Crippen molar-refractivity contribution in [1.82, 2.24) is 0 Å². The first-order valence-electron chi connectivity index (χ1n) is 3.36. The van der Waals surface area contributed by atoms with Crippen LogP contribution in [0.25, 0.3) is 0 Å². The van der Waals surface area contributed by atoms with Crippen molar-refractivity contribution in [3.63, 3.8) is 0 Å². The van der Waals surface area contributed by atoms with Gasteiger partial charge in [-0.15, -0.1) is 0 Å². The molecule has 0 amide bonds. The van der Waals surface area contributed by atoms with Gasteiger partial charge in [-0.3, -0.25) is 0 Å². The average molecular weight is 247 g/mol. The zero-order valence-corrected chi connectivity index (χ0v) is 8.33. The zero-order chi connectivity index (χ0) is 10.0. The fraction of sp³-hybridized carbons (Fsp3) is 0.125. The number of phenolic OH excluding ortho intramolecular Hbond substituents is 1. The summed E-state index contributed by atoms with van der Waals surface area (Å²) in [6, 6.07) is 2.53. The van der Waals surface area contributed by atoms with Gasteiger partial charge in [0.1, 0.15) is 0 Å². The molecule has 0 unspecified atom stereocenters. The lowest BCUT2D eigenvalue weighted by atomic mass is 10.2. The van der Waals surface area contributed by atoms with Gasteiger partial charge in [0, 0.05) is 4.47 Å². The van der Waals surface area contributed by atoms with Crippen LogP contribution in [0, 0.1) is 0 Å². The molecule has 70 valence electrons. The number of carboxylic acid groups (broad SMARTS) is 1. The van der Waals surface area contributed by atoms with Crippen molar-refractivity contribution in [1.29, 1.82) is 0 Å². The van der Waals surface area contributed by atoms with Crippen LogP contribution in [0.3, 0.4) is 0 Å². The van der Waals surface area contributed by atoms with Crippen molar-refractivity contribution in [2.45, 2.75) is 0 Å². The number of hydrogen-bond acceptors (Lipinski definition) is 3. The standard InChI is InChI=1S/C8H7BrO4/c1-13-7-2-4(8(11)12)5(9)3-6(7)10/h2-3,10H,1H3,(H,11,12). The monoisotopic (exact) mass is 246 g/mol. The Balaban J connectivity index is 3.30. The Bertz CT molecular complexity index is 348. The Morgan fingerprint density at radius 3 is 2.62 bits per heavy atom. The first-order chi connectivity index (χ1) is 6.06. The van der Waals surface area contributed by atoms with E-state index in [1.165, 1.54) is 19.2 Å². The van der Waals surface area contributed by atoms with Crippen LogP contribution in [0.4, 0.5) is 0 Å². The lowest BCUT2D eigenvalue weighted by Crippen LogP contribution is -1.98. The molecule has 1 rings (SSSR count). The van der Waals surface area contributed by atoms with Gasteiger partial charge in [0.2, 0.25) is 0 Å². The molecule has 0 aliphatic heterocycles. The number of aromatic carboxylic acids is 1. The van der Waals surface area contributed by atoms with Gasteiger partial charge in [-0.25, -0.2) is 4.79 Å². The molecule has 0 radical (unpaired) electrons. The Labute approximate surface area is 82.9 Å². The molecule has 0 aliphatic rings. The van der Waals surface area contributed by atoms with Crippen LogP contribution in [-0.4, -0.2) is 23.3 Å². The van der Waals surface area contributed by atoms with E-state index < -0.39 is 5.97 Å². The summed E-state index contributed by atoms with van der Waals surface area (Å²) < 4.78 is 5.07. The number of methoxy groups -OCH3 is 1. The maximum atomic E-state index is 10.6. The van der Waals surface area contributed by atoms with Crippen LogP contribution in [0.5, 0.6) is 11.5 Å². The number of ether oxygens (including phenoxy) is 1. The van der Waals surface area contributed by atoms with Gasteiger partial charge in [-0.1, -0.05) is 0 Å². The van der Waals surface area contributed by atoms with E-state index in [0.29, 0.717) is 4.47 Å². The topological polar surface area (TPSA) is 66.8 Å². The second-order valence-electron chi connectivity index (χ2n) is 2.31. The molecule has 0 spiro atoms. The Kier molecular flexibility index (Phi) is 2.77. The first-order valence-corrected chi connectivity index (χ1v) is 4.15. The van der Waals surface area contributed by atoms with E-state index in [2.05, 4.69) is 15.9 Å². The SMILES string of the molecule is COc1cc(C(=O)O)c(Br)cc1O. The molecule has 13 heavy (non-hydrogen) atoms. The molecule has 0 heterocycles. The molecule has 2 N–H and O–H groups in total. The highest BCUT2D eigenvalue weighted by Gasteiger charge is 2.12. The van der Waals surface area contributed by atoms with E-state index in [-0.39, 0.29) is 17.1 Å². The molecular weight excluding hydrogens is 240 g/mol. The van der Waals surface area contributed by atoms with Crippen molar-refractivity contribution in [2.75, 3.05) is 7.11 Å². The van der Waals surface area contributed by atoms with Crippen molar-refractivity contribution < 1.29 is 19.7 Å². The molecule has 0 saturated heterocycles. The maximum absolute atomic E-state index is 10.6. The molecule has 0 fully saturated rings. The molecular formula is C8H7BrO4. The summed E-state index contributed by atoms with van der Waals surface area (Å²) in [5.41, 5.74) is 0.0506. The molecule has 5 heteroatoms. The Hall–Kier alpha value is -1.23. The number of phenols is 1. The van der Waals surface area contributed by atoms with Gasteiger partial charge in [0.15, 0.2) is 11.5 Å².